The van der Waals surface area contributed by atoms with Crippen molar-refractivity contribution in [3.05, 3.63) is 36.0 Å². The molecule has 180 valence electrons. The van der Waals surface area contributed by atoms with E-state index in [1.165, 1.54) is 0 Å². The van der Waals surface area contributed by atoms with Crippen LogP contribution in [0.25, 0.3) is 23.0 Å². The molecule has 5 rings (SSSR count). The fourth-order valence-corrected chi connectivity index (χ4v) is 5.32. The summed E-state index contributed by atoms with van der Waals surface area (Å²) in [4.78, 5) is 11.0. The van der Waals surface area contributed by atoms with Gasteiger partial charge in [0, 0.05) is 31.2 Å². The molecule has 0 spiro atoms. The minimum absolute atomic E-state index is 0.0112. The lowest BCUT2D eigenvalue weighted by molar-refractivity contribution is 0.561. The van der Waals surface area contributed by atoms with Crippen LogP contribution in [-0.2, 0) is 16.6 Å². The van der Waals surface area contributed by atoms with Gasteiger partial charge in [0.1, 0.15) is 5.82 Å². The Morgan fingerprint density at radius 3 is 2.47 bits per heavy atom. The van der Waals surface area contributed by atoms with Gasteiger partial charge in [-0.05, 0) is 50.4 Å². The van der Waals surface area contributed by atoms with E-state index < -0.39 is 15.3 Å². The molecule has 12 heteroatoms. The van der Waals surface area contributed by atoms with Gasteiger partial charge in [-0.2, -0.15) is 0 Å². The summed E-state index contributed by atoms with van der Waals surface area (Å²) < 4.78 is 33.0. The summed E-state index contributed by atoms with van der Waals surface area (Å²) in [5.41, 5.74) is 8.36. The first kappa shape index (κ1) is 22.7. The number of fused-ring (bicyclic) bond motifs is 1. The van der Waals surface area contributed by atoms with E-state index in [1.807, 2.05) is 31.3 Å². The summed E-state index contributed by atoms with van der Waals surface area (Å²) in [6.07, 6.45) is 1.62. The van der Waals surface area contributed by atoms with E-state index in [9.17, 15) is 8.42 Å². The van der Waals surface area contributed by atoms with Gasteiger partial charge in [0.05, 0.1) is 11.4 Å². The second-order valence-electron chi connectivity index (χ2n) is 9.07. The van der Waals surface area contributed by atoms with Crippen LogP contribution >= 0.6 is 0 Å². The molecule has 2 aliphatic rings. The lowest BCUT2D eigenvalue weighted by Gasteiger charge is -2.21. The third-order valence-electron chi connectivity index (χ3n) is 6.44. The molecule has 1 unspecified atom stereocenters. The summed E-state index contributed by atoms with van der Waals surface area (Å²) in [6.45, 7) is 5.53. The van der Waals surface area contributed by atoms with Gasteiger partial charge >= 0.3 is 0 Å². The molecule has 3 atom stereocenters. The van der Waals surface area contributed by atoms with Crippen molar-refractivity contribution >= 4 is 21.7 Å². The van der Waals surface area contributed by atoms with Crippen LogP contribution in [0.5, 0.6) is 0 Å². The molecule has 1 aliphatic carbocycles. The number of aromatic nitrogens is 4. The maximum Gasteiger partial charge on any atom is 0.270 e. The second kappa shape index (κ2) is 8.60. The highest BCUT2D eigenvalue weighted by molar-refractivity contribution is 7.90. The topological polar surface area (TPSA) is 152 Å². The number of sulfonamides is 1. The van der Waals surface area contributed by atoms with Crippen LogP contribution in [0.2, 0.25) is 0 Å². The Morgan fingerprint density at radius 1 is 1.15 bits per heavy atom. The van der Waals surface area contributed by atoms with Crippen molar-refractivity contribution in [2.75, 3.05) is 30.8 Å². The summed E-state index contributed by atoms with van der Waals surface area (Å²) in [7, 11) is -1.38. The zero-order valence-electron chi connectivity index (χ0n) is 19.3. The lowest BCUT2D eigenvalue weighted by atomic mass is 10.1. The van der Waals surface area contributed by atoms with Crippen LogP contribution in [-0.4, -0.2) is 60.0 Å². The molecule has 4 N–H and O–H groups in total. The Hall–Kier alpha value is -3.09. The van der Waals surface area contributed by atoms with Crippen molar-refractivity contribution < 1.29 is 12.8 Å². The zero-order chi connectivity index (χ0) is 24.0. The van der Waals surface area contributed by atoms with Gasteiger partial charge in [0.25, 0.3) is 5.89 Å². The number of nitrogens with two attached hydrogens (primary N) is 1. The Kier molecular flexibility index (Phi) is 5.74. The first-order valence-electron chi connectivity index (χ1n) is 11.2. The molecule has 0 radical (unpaired) electrons. The molecule has 2 aromatic heterocycles. The molecule has 2 fully saturated rings. The third-order valence-corrected chi connectivity index (χ3v) is 8.28. The van der Waals surface area contributed by atoms with E-state index in [0.29, 0.717) is 30.5 Å². The Morgan fingerprint density at radius 2 is 1.82 bits per heavy atom. The summed E-state index contributed by atoms with van der Waals surface area (Å²) in [5.74, 6) is 1.95. The quantitative estimate of drug-likeness (QED) is 0.426. The SMILES string of the molecule is CNCc1ccc(-c2nnc(-c3nc(N4C[C@@H]5C(NS(=O)(=O)C(C)C)[C@@H]5C4)cnc3N)o2)cc1. The van der Waals surface area contributed by atoms with Crippen LogP contribution in [0.3, 0.4) is 0 Å². The van der Waals surface area contributed by atoms with E-state index in [4.69, 9.17) is 10.2 Å². The monoisotopic (exact) mass is 484 g/mol. The van der Waals surface area contributed by atoms with Crippen molar-refractivity contribution in [1.82, 2.24) is 30.2 Å². The molecule has 11 nitrogen and oxygen atoms in total. The van der Waals surface area contributed by atoms with Gasteiger partial charge in [-0.3, -0.25) is 0 Å². The highest BCUT2D eigenvalue weighted by atomic mass is 32.2. The number of nitrogen functional groups attached to an aromatic ring is 1. The molecule has 3 aromatic rings. The molecule has 1 aromatic carbocycles. The molecule has 0 amide bonds. The molecular formula is C22H28N8O3S. The van der Waals surface area contributed by atoms with Crippen LogP contribution in [0.4, 0.5) is 11.6 Å². The molecule has 1 aliphatic heterocycles. The van der Waals surface area contributed by atoms with Crippen LogP contribution in [0, 0.1) is 11.8 Å². The van der Waals surface area contributed by atoms with Crippen LogP contribution in [0.15, 0.2) is 34.9 Å². The smallest absolute Gasteiger partial charge is 0.270 e. The standard InChI is InChI=1S/C22H28N8O3S/c1-12(2)34(31,32)29-18-15-10-30(11-16(15)18)17-9-25-20(23)19(26-17)22-28-27-21(33-22)14-6-4-13(5-7-14)8-24-3/h4-7,9,12,15-16,18,24,29H,8,10-11H2,1-3H3,(H2,23,25)/t15-,16+,18?. The number of anilines is 2. The number of rotatable bonds is 8. The Balaban J connectivity index is 1.30. The highest BCUT2D eigenvalue weighted by Gasteiger charge is 2.57. The average molecular weight is 485 g/mol. The van der Waals surface area contributed by atoms with Crippen molar-refractivity contribution in [3.63, 3.8) is 0 Å². The van der Waals surface area contributed by atoms with E-state index in [2.05, 4.69) is 35.1 Å². The number of piperidine rings is 1. The van der Waals surface area contributed by atoms with Gasteiger partial charge < -0.3 is 20.4 Å². The number of hydrogen-bond acceptors (Lipinski definition) is 10. The Bertz CT molecular complexity index is 1280. The second-order valence-corrected chi connectivity index (χ2v) is 11.3. The summed E-state index contributed by atoms with van der Waals surface area (Å²) in [6, 6.07) is 7.84. The number of nitrogens with one attached hydrogen (secondary N) is 2. The van der Waals surface area contributed by atoms with Gasteiger partial charge in [0.15, 0.2) is 11.5 Å². The summed E-state index contributed by atoms with van der Waals surface area (Å²) >= 11 is 0. The molecule has 1 saturated carbocycles. The predicted molar refractivity (Wildman–Crippen MR) is 128 cm³/mol. The van der Waals surface area contributed by atoms with Crippen molar-refractivity contribution in [3.8, 4) is 23.0 Å². The maximum absolute atomic E-state index is 12.2. The van der Waals surface area contributed by atoms with Gasteiger partial charge in [0.2, 0.25) is 15.9 Å². The molecule has 34 heavy (non-hydrogen) atoms. The van der Waals surface area contributed by atoms with Crippen molar-refractivity contribution in [1.29, 1.82) is 0 Å². The number of hydrogen-bond donors (Lipinski definition) is 3. The van der Waals surface area contributed by atoms with Gasteiger partial charge in [-0.25, -0.2) is 23.1 Å². The first-order valence-corrected chi connectivity index (χ1v) is 12.8. The number of benzene rings is 1. The van der Waals surface area contributed by atoms with E-state index in [-0.39, 0.29) is 29.6 Å². The molecule has 3 heterocycles. The third kappa shape index (κ3) is 4.24. The first-order chi connectivity index (χ1) is 16.3. The van der Waals surface area contributed by atoms with Gasteiger partial charge in [-0.1, -0.05) is 12.1 Å². The lowest BCUT2D eigenvalue weighted by Crippen LogP contribution is -2.38. The molecule has 1 saturated heterocycles. The van der Waals surface area contributed by atoms with Gasteiger partial charge in [-0.15, -0.1) is 10.2 Å². The normalized spacial score (nSPS) is 21.8. The highest BCUT2D eigenvalue weighted by Crippen LogP contribution is 2.47. The zero-order valence-corrected chi connectivity index (χ0v) is 20.1. The van der Waals surface area contributed by atoms with Crippen LogP contribution < -0.4 is 20.7 Å². The maximum atomic E-state index is 12.2. The predicted octanol–water partition coefficient (Wildman–Crippen LogP) is 1.26. The fourth-order valence-electron chi connectivity index (χ4n) is 4.32. The fraction of sp³-hybridized carbons (Fsp3) is 0.455. The van der Waals surface area contributed by atoms with E-state index in [0.717, 1.165) is 17.7 Å². The minimum Gasteiger partial charge on any atom is -0.414 e. The average Bonchev–Trinajstić information content (AvgIpc) is 3.19. The Labute approximate surface area is 198 Å². The minimum atomic E-state index is -3.28. The number of nitrogens with zero attached hydrogens (tertiary/aromatic N) is 5. The molecular weight excluding hydrogens is 456 g/mol. The molecule has 0 bridgehead atoms. The van der Waals surface area contributed by atoms with Crippen molar-refractivity contribution in [2.45, 2.75) is 31.7 Å². The van der Waals surface area contributed by atoms with E-state index in [1.54, 1.807) is 20.0 Å². The van der Waals surface area contributed by atoms with E-state index >= 15 is 0 Å². The summed E-state index contributed by atoms with van der Waals surface area (Å²) in [5, 5.41) is 11.0. The van der Waals surface area contributed by atoms with Crippen LogP contribution in [0.1, 0.15) is 19.4 Å². The van der Waals surface area contributed by atoms with Crippen molar-refractivity contribution in [2.24, 2.45) is 11.8 Å². The largest absolute Gasteiger partial charge is 0.414 e.